The van der Waals surface area contributed by atoms with Gasteiger partial charge in [-0.15, -0.1) is 0 Å². The Labute approximate surface area is 55.6 Å². The van der Waals surface area contributed by atoms with E-state index in [-0.39, 0.29) is 29.5 Å². The zero-order chi connectivity index (χ0) is 4.99. The molecular weight excluding hydrogens is 112 g/mol. The fraction of sp³-hybridized carbons (Fsp3) is 0. The Morgan fingerprint density at radius 2 is 2.14 bits per heavy atom. The van der Waals surface area contributed by atoms with Gasteiger partial charge in [0.2, 0.25) is 0 Å². The number of carboxylic acid groups (broad SMARTS) is 1. The highest BCUT2D eigenvalue weighted by Crippen LogP contribution is 1.62. The quantitative estimate of drug-likeness (QED) is 0.205. The largest absolute Gasteiger partial charge is 0.513 e. The van der Waals surface area contributed by atoms with Gasteiger partial charge in [0, 0.05) is 0 Å². The number of rotatable bonds is 1. The summed E-state index contributed by atoms with van der Waals surface area (Å²) in [5.74, 6) is 0. The van der Waals surface area contributed by atoms with Gasteiger partial charge in [-0.05, 0) is 0 Å². The van der Waals surface area contributed by atoms with E-state index < -0.39 is 6.16 Å². The van der Waals surface area contributed by atoms with E-state index in [0.29, 0.717) is 0 Å². The minimum Gasteiger partial charge on any atom is -0.449 e. The molecule has 0 rings (SSSR count). The topological polar surface area (TPSA) is 63.6 Å². The SMILES string of the molecule is O=COC(=O)O.[MgH2]. The molecule has 0 unspecified atom stereocenters. The molecule has 0 spiro atoms. The van der Waals surface area contributed by atoms with Crippen molar-refractivity contribution in [3.05, 3.63) is 0 Å². The van der Waals surface area contributed by atoms with Crippen molar-refractivity contribution < 1.29 is 19.4 Å². The van der Waals surface area contributed by atoms with Gasteiger partial charge in [-0.1, -0.05) is 0 Å². The first-order chi connectivity index (χ1) is 2.77. The molecule has 0 radical (unpaired) electrons. The van der Waals surface area contributed by atoms with Crippen LogP contribution in [0.25, 0.3) is 0 Å². The normalized spacial score (nSPS) is 5.71. The van der Waals surface area contributed by atoms with Gasteiger partial charge in [0.05, 0.1) is 0 Å². The van der Waals surface area contributed by atoms with Crippen LogP contribution < -0.4 is 0 Å². The summed E-state index contributed by atoms with van der Waals surface area (Å²) in [4.78, 5) is 18.2. The highest BCUT2D eigenvalue weighted by atomic mass is 24.3. The second-order valence-electron chi connectivity index (χ2n) is 0.480. The predicted molar refractivity (Wildman–Crippen MR) is 23.7 cm³/mol. The lowest BCUT2D eigenvalue weighted by atomic mass is 11.3. The molecule has 7 heavy (non-hydrogen) atoms. The number of hydrogen-bond acceptors (Lipinski definition) is 3. The maximum absolute atomic E-state index is 9.15. The molecule has 5 heteroatoms. The summed E-state index contributed by atoms with van der Waals surface area (Å²) in [5, 5.41) is 7.46. The average molecular weight is 116 g/mol. The third-order valence-corrected chi connectivity index (χ3v) is 0.149. The Morgan fingerprint density at radius 3 is 2.14 bits per heavy atom. The third-order valence-electron chi connectivity index (χ3n) is 0.149. The van der Waals surface area contributed by atoms with Crippen molar-refractivity contribution in [3.63, 3.8) is 0 Å². The fourth-order valence-electron chi connectivity index (χ4n) is 0.0412. The second-order valence-corrected chi connectivity index (χ2v) is 0.480. The number of carbonyl (C=O) groups is 2. The maximum atomic E-state index is 9.15. The van der Waals surface area contributed by atoms with Gasteiger partial charge in [-0.25, -0.2) is 4.79 Å². The van der Waals surface area contributed by atoms with Crippen LogP contribution in [0.15, 0.2) is 0 Å². The van der Waals surface area contributed by atoms with Gasteiger partial charge in [0.1, 0.15) is 0 Å². The number of carbonyl (C=O) groups excluding carboxylic acids is 1. The molecule has 0 aromatic rings. The van der Waals surface area contributed by atoms with Gasteiger partial charge in [-0.2, -0.15) is 0 Å². The smallest absolute Gasteiger partial charge is 0.449 e. The Morgan fingerprint density at radius 1 is 1.71 bits per heavy atom. The van der Waals surface area contributed by atoms with Crippen LogP contribution in [-0.2, 0) is 9.53 Å². The lowest BCUT2D eigenvalue weighted by molar-refractivity contribution is -0.124. The molecule has 0 heterocycles. The summed E-state index contributed by atoms with van der Waals surface area (Å²) >= 11 is 0. The van der Waals surface area contributed by atoms with Crippen molar-refractivity contribution in [2.75, 3.05) is 0 Å². The first-order valence-corrected chi connectivity index (χ1v) is 1.10. The van der Waals surface area contributed by atoms with E-state index in [1.54, 1.807) is 0 Å². The number of ether oxygens (including phenoxy) is 1. The van der Waals surface area contributed by atoms with E-state index in [0.717, 1.165) is 0 Å². The van der Waals surface area contributed by atoms with Crippen LogP contribution in [0.3, 0.4) is 0 Å². The van der Waals surface area contributed by atoms with Crippen molar-refractivity contribution in [1.29, 1.82) is 0 Å². The fourth-order valence-corrected chi connectivity index (χ4v) is 0.0412. The predicted octanol–water partition coefficient (Wildman–Crippen LogP) is -1.08. The molecule has 0 aliphatic rings. The van der Waals surface area contributed by atoms with Gasteiger partial charge in [-0.3, -0.25) is 4.79 Å². The molecule has 0 aliphatic carbocycles. The van der Waals surface area contributed by atoms with E-state index in [1.807, 2.05) is 0 Å². The Bertz CT molecular complexity index is 70.1. The second kappa shape index (κ2) is 5.71. The molecule has 0 aromatic heterocycles. The molecule has 4 nitrogen and oxygen atoms in total. The summed E-state index contributed by atoms with van der Waals surface area (Å²) < 4.78 is 3.28. The van der Waals surface area contributed by atoms with Crippen LogP contribution in [0.1, 0.15) is 0 Å². The van der Waals surface area contributed by atoms with Crippen LogP contribution in [0.2, 0.25) is 0 Å². The van der Waals surface area contributed by atoms with Gasteiger partial charge in [0.15, 0.2) is 0 Å². The highest BCUT2D eigenvalue weighted by Gasteiger charge is 1.87. The van der Waals surface area contributed by atoms with Crippen molar-refractivity contribution in [2.24, 2.45) is 0 Å². The van der Waals surface area contributed by atoms with Crippen LogP contribution in [-0.4, -0.2) is 40.8 Å². The Balaban J connectivity index is 0. The summed E-state index contributed by atoms with van der Waals surface area (Å²) in [5.41, 5.74) is 0. The van der Waals surface area contributed by atoms with E-state index in [9.17, 15) is 0 Å². The zero-order valence-corrected chi connectivity index (χ0v) is 2.75. The van der Waals surface area contributed by atoms with E-state index >= 15 is 0 Å². The maximum Gasteiger partial charge on any atom is 0.513 e. The molecule has 0 saturated carbocycles. The molecule has 1 N–H and O–H groups in total. The van der Waals surface area contributed by atoms with Crippen molar-refractivity contribution in [3.8, 4) is 0 Å². The van der Waals surface area contributed by atoms with Gasteiger partial charge >= 0.3 is 35.7 Å². The van der Waals surface area contributed by atoms with Gasteiger partial charge in [0.25, 0.3) is 0 Å². The van der Waals surface area contributed by atoms with E-state index in [4.69, 9.17) is 14.7 Å². The summed E-state index contributed by atoms with van der Waals surface area (Å²) in [7, 11) is 0. The lowest BCUT2D eigenvalue weighted by Gasteiger charge is -1.77. The molecule has 0 bridgehead atoms. The first kappa shape index (κ1) is 9.86. The third kappa shape index (κ3) is 10.7. The van der Waals surface area contributed by atoms with Crippen LogP contribution >= 0.6 is 0 Å². The molecular formula is C2H4MgO4. The summed E-state index contributed by atoms with van der Waals surface area (Å²) in [6.45, 7) is -0.150. The highest BCUT2D eigenvalue weighted by molar-refractivity contribution is 5.75. The van der Waals surface area contributed by atoms with E-state index in [2.05, 4.69) is 4.74 Å². The number of hydrogen-bond donors (Lipinski definition) is 1. The molecule has 0 fully saturated rings. The minimum atomic E-state index is -1.58. The average Bonchev–Trinajstić information content (AvgIpc) is 1.35. The molecule has 0 amide bonds. The zero-order valence-electron chi connectivity index (χ0n) is 2.75. The van der Waals surface area contributed by atoms with Crippen molar-refractivity contribution in [1.82, 2.24) is 0 Å². The van der Waals surface area contributed by atoms with Gasteiger partial charge < -0.3 is 9.84 Å². The molecule has 0 aromatic carbocycles. The van der Waals surface area contributed by atoms with Crippen LogP contribution in [0.5, 0.6) is 0 Å². The molecule has 0 aliphatic heterocycles. The monoisotopic (exact) mass is 116 g/mol. The molecule has 38 valence electrons. The standard InChI is InChI=1S/C2H2O4.Mg.2H/c3-1-6-2(4)5;;;/h1H,(H,4,5);;;. The van der Waals surface area contributed by atoms with Crippen LogP contribution in [0, 0.1) is 0 Å². The van der Waals surface area contributed by atoms with Crippen LogP contribution in [0.4, 0.5) is 4.79 Å². The first-order valence-electron chi connectivity index (χ1n) is 1.10. The van der Waals surface area contributed by atoms with Crippen molar-refractivity contribution >= 4 is 35.7 Å². The Kier molecular flexibility index (Phi) is 8.04. The summed E-state index contributed by atoms with van der Waals surface area (Å²) in [6.07, 6.45) is -1.58. The minimum absolute atomic E-state index is 0. The molecule has 0 saturated heterocycles. The Hall–Kier alpha value is -0.294. The lowest BCUT2D eigenvalue weighted by Crippen LogP contribution is -1.95. The summed E-state index contributed by atoms with van der Waals surface area (Å²) in [6, 6.07) is 0. The van der Waals surface area contributed by atoms with Crippen molar-refractivity contribution in [2.45, 2.75) is 0 Å². The molecule has 0 atom stereocenters. The van der Waals surface area contributed by atoms with E-state index in [1.165, 1.54) is 0 Å².